The lowest BCUT2D eigenvalue weighted by molar-refractivity contribution is 0.288. The Balaban J connectivity index is 2.29. The van der Waals surface area contributed by atoms with E-state index < -0.39 is 0 Å². The molecule has 0 saturated carbocycles. The van der Waals surface area contributed by atoms with E-state index in [1.54, 1.807) is 0 Å². The van der Waals surface area contributed by atoms with Crippen molar-refractivity contribution in [2.75, 3.05) is 0 Å². The maximum Gasteiger partial charge on any atom is 0.156 e. The Hall–Kier alpha value is -1.77. The van der Waals surface area contributed by atoms with Crippen molar-refractivity contribution in [3.05, 3.63) is 35.9 Å². The van der Waals surface area contributed by atoms with Crippen LogP contribution in [0.15, 0.2) is 35.5 Å². The second kappa shape index (κ2) is 3.31. The highest BCUT2D eigenvalue weighted by molar-refractivity contribution is 5.72. The smallest absolute Gasteiger partial charge is 0.156 e. The molecular formula is C10H9NO2. The van der Waals surface area contributed by atoms with Crippen LogP contribution in [0.25, 0.3) is 6.08 Å². The fraction of sp³-hybridized carbons (Fsp3) is 0.100. The van der Waals surface area contributed by atoms with Crippen LogP contribution in [0.4, 0.5) is 0 Å². The van der Waals surface area contributed by atoms with Crippen molar-refractivity contribution in [2.45, 2.75) is 6.10 Å². The first-order valence-electron chi connectivity index (χ1n) is 4.01. The van der Waals surface area contributed by atoms with Crippen molar-refractivity contribution in [1.29, 1.82) is 0 Å². The number of ether oxygens (including phenoxy) is 1. The molecule has 0 aliphatic carbocycles. The Kier molecular flexibility index (Phi) is 2.00. The van der Waals surface area contributed by atoms with Crippen LogP contribution in [0.3, 0.4) is 0 Å². The van der Waals surface area contributed by atoms with Gasteiger partial charge in [-0.15, -0.1) is 0 Å². The molecule has 66 valence electrons. The van der Waals surface area contributed by atoms with Crippen molar-refractivity contribution < 1.29 is 9.94 Å². The van der Waals surface area contributed by atoms with Gasteiger partial charge in [-0.2, -0.15) is 0 Å². The molecule has 0 spiro atoms. The summed E-state index contributed by atoms with van der Waals surface area (Å²) in [4.78, 5) is 0. The average molecular weight is 175 g/mol. The predicted octanol–water partition coefficient (Wildman–Crippen LogP) is 1.92. The van der Waals surface area contributed by atoms with Crippen LogP contribution in [0.1, 0.15) is 5.56 Å². The van der Waals surface area contributed by atoms with Gasteiger partial charge in [0.25, 0.3) is 0 Å². The van der Waals surface area contributed by atoms with E-state index in [1.165, 1.54) is 6.21 Å². The van der Waals surface area contributed by atoms with Crippen molar-refractivity contribution in [3.63, 3.8) is 0 Å². The van der Waals surface area contributed by atoms with Gasteiger partial charge in [0.1, 0.15) is 5.75 Å². The van der Waals surface area contributed by atoms with Crippen LogP contribution in [0.5, 0.6) is 5.75 Å². The molecular weight excluding hydrogens is 166 g/mol. The Morgan fingerprint density at radius 1 is 1.38 bits per heavy atom. The molecule has 0 saturated heterocycles. The van der Waals surface area contributed by atoms with Crippen LogP contribution in [-0.4, -0.2) is 17.5 Å². The predicted molar refractivity (Wildman–Crippen MR) is 50.2 cm³/mol. The molecule has 1 aliphatic rings. The molecule has 1 N–H and O–H groups in total. The zero-order chi connectivity index (χ0) is 9.10. The first kappa shape index (κ1) is 7.86. The molecule has 3 heteroatoms. The Morgan fingerprint density at radius 2 is 2.23 bits per heavy atom. The lowest BCUT2D eigenvalue weighted by Gasteiger charge is -2.17. The largest absolute Gasteiger partial charge is 0.480 e. The van der Waals surface area contributed by atoms with Gasteiger partial charge in [-0.05, 0) is 12.1 Å². The molecule has 1 atom stereocenters. The van der Waals surface area contributed by atoms with Crippen molar-refractivity contribution in [3.8, 4) is 5.75 Å². The highest BCUT2D eigenvalue weighted by atomic mass is 16.5. The number of fused-ring (bicyclic) bond motifs is 1. The van der Waals surface area contributed by atoms with Crippen LogP contribution >= 0.6 is 0 Å². The first-order valence-corrected chi connectivity index (χ1v) is 4.01. The summed E-state index contributed by atoms with van der Waals surface area (Å²) in [6, 6.07) is 7.72. The van der Waals surface area contributed by atoms with Gasteiger partial charge < -0.3 is 9.94 Å². The van der Waals surface area contributed by atoms with Gasteiger partial charge in [0.05, 0.1) is 6.21 Å². The summed E-state index contributed by atoms with van der Waals surface area (Å²) in [6.07, 6.45) is 4.86. The van der Waals surface area contributed by atoms with E-state index in [1.807, 2.05) is 36.4 Å². The van der Waals surface area contributed by atoms with Gasteiger partial charge in [0.15, 0.2) is 6.10 Å². The maximum absolute atomic E-state index is 8.32. The van der Waals surface area contributed by atoms with E-state index in [0.717, 1.165) is 11.3 Å². The van der Waals surface area contributed by atoms with E-state index in [2.05, 4.69) is 5.16 Å². The molecule has 1 aliphatic heterocycles. The first-order chi connectivity index (χ1) is 6.40. The van der Waals surface area contributed by atoms with E-state index in [0.29, 0.717) is 0 Å². The molecule has 1 aromatic carbocycles. The third kappa shape index (κ3) is 1.54. The number of rotatable bonds is 1. The quantitative estimate of drug-likeness (QED) is 0.402. The molecule has 3 nitrogen and oxygen atoms in total. The van der Waals surface area contributed by atoms with Crippen molar-refractivity contribution in [1.82, 2.24) is 0 Å². The molecule has 1 heterocycles. The minimum atomic E-state index is -0.264. The monoisotopic (exact) mass is 175 g/mol. The third-order valence-corrected chi connectivity index (χ3v) is 1.86. The van der Waals surface area contributed by atoms with Crippen LogP contribution in [-0.2, 0) is 0 Å². The number of hydrogen-bond donors (Lipinski definition) is 1. The normalized spacial score (nSPS) is 19.8. The molecule has 0 amide bonds. The standard InChI is InChI=1S/C10H9NO2/c12-11-7-9-6-5-8-3-1-2-4-10(8)13-9/h1-7,9,12H. The summed E-state index contributed by atoms with van der Waals surface area (Å²) in [5.41, 5.74) is 1.05. The summed E-state index contributed by atoms with van der Waals surface area (Å²) in [6.45, 7) is 0. The second-order valence-corrected chi connectivity index (χ2v) is 2.74. The fourth-order valence-electron chi connectivity index (χ4n) is 1.26. The molecule has 1 aromatic rings. The van der Waals surface area contributed by atoms with Gasteiger partial charge in [0.2, 0.25) is 0 Å². The maximum atomic E-state index is 8.32. The number of benzene rings is 1. The highest BCUT2D eigenvalue weighted by Gasteiger charge is 2.11. The van der Waals surface area contributed by atoms with Crippen LogP contribution in [0.2, 0.25) is 0 Å². The molecule has 2 rings (SSSR count). The van der Waals surface area contributed by atoms with Crippen LogP contribution in [0, 0.1) is 0 Å². The van der Waals surface area contributed by atoms with Crippen LogP contribution < -0.4 is 4.74 Å². The van der Waals surface area contributed by atoms with Gasteiger partial charge >= 0.3 is 0 Å². The lowest BCUT2D eigenvalue weighted by atomic mass is 10.1. The zero-order valence-corrected chi connectivity index (χ0v) is 6.92. The van der Waals surface area contributed by atoms with Gasteiger partial charge in [0, 0.05) is 5.56 Å². The van der Waals surface area contributed by atoms with Crippen molar-refractivity contribution in [2.24, 2.45) is 5.16 Å². The Morgan fingerprint density at radius 3 is 3.08 bits per heavy atom. The second-order valence-electron chi connectivity index (χ2n) is 2.74. The number of para-hydroxylation sites is 1. The average Bonchev–Trinajstić information content (AvgIpc) is 2.18. The molecule has 13 heavy (non-hydrogen) atoms. The summed E-state index contributed by atoms with van der Waals surface area (Å²) >= 11 is 0. The molecule has 0 aromatic heterocycles. The minimum Gasteiger partial charge on any atom is -0.480 e. The Labute approximate surface area is 76.0 Å². The summed E-state index contributed by atoms with van der Waals surface area (Å²) < 4.78 is 5.48. The molecule has 0 bridgehead atoms. The SMILES string of the molecule is ON=CC1C=Cc2ccccc2O1. The highest BCUT2D eigenvalue weighted by Crippen LogP contribution is 2.24. The van der Waals surface area contributed by atoms with Gasteiger partial charge in [-0.25, -0.2) is 0 Å². The van der Waals surface area contributed by atoms with E-state index in [9.17, 15) is 0 Å². The lowest BCUT2D eigenvalue weighted by Crippen LogP contribution is -2.18. The molecule has 1 unspecified atom stereocenters. The van der Waals surface area contributed by atoms with E-state index >= 15 is 0 Å². The fourth-order valence-corrected chi connectivity index (χ4v) is 1.26. The van der Waals surface area contributed by atoms with E-state index in [-0.39, 0.29) is 6.10 Å². The summed E-state index contributed by atoms with van der Waals surface area (Å²) in [5, 5.41) is 11.3. The van der Waals surface area contributed by atoms with Gasteiger partial charge in [-0.3, -0.25) is 0 Å². The number of oxime groups is 1. The topological polar surface area (TPSA) is 41.8 Å². The van der Waals surface area contributed by atoms with Gasteiger partial charge in [-0.1, -0.05) is 29.4 Å². The number of hydrogen-bond acceptors (Lipinski definition) is 3. The van der Waals surface area contributed by atoms with Crippen molar-refractivity contribution >= 4 is 12.3 Å². The summed E-state index contributed by atoms with van der Waals surface area (Å²) in [7, 11) is 0. The molecule has 0 radical (unpaired) electrons. The minimum absolute atomic E-state index is 0.264. The molecule has 0 fully saturated rings. The summed E-state index contributed by atoms with van der Waals surface area (Å²) in [5.74, 6) is 0.815. The van der Waals surface area contributed by atoms with E-state index in [4.69, 9.17) is 9.94 Å². The number of nitrogens with zero attached hydrogens (tertiary/aromatic N) is 1. The Bertz CT molecular complexity index is 358. The third-order valence-electron chi connectivity index (χ3n) is 1.86. The zero-order valence-electron chi connectivity index (χ0n) is 6.92.